The molecule has 0 aromatic heterocycles. The number of carbonyl (C=O) groups is 1. The second kappa shape index (κ2) is 10.1. The third-order valence-corrected chi connectivity index (χ3v) is 6.08. The average Bonchev–Trinajstić information content (AvgIpc) is 2.87. The number of ether oxygens (including phenoxy) is 1. The highest BCUT2D eigenvalue weighted by molar-refractivity contribution is 5.79. The zero-order valence-corrected chi connectivity index (χ0v) is 18.4. The van der Waals surface area contributed by atoms with E-state index in [2.05, 4.69) is 72.8 Å². The number of benzene rings is 4. The highest BCUT2D eigenvalue weighted by atomic mass is 16.5. The molecule has 4 aromatic carbocycles. The third-order valence-electron chi connectivity index (χ3n) is 6.08. The highest BCUT2D eigenvalue weighted by Crippen LogP contribution is 2.46. The van der Waals surface area contributed by atoms with E-state index in [1.165, 1.54) is 0 Å². The molecule has 0 unspecified atom stereocenters. The standard InChI is InChI=1S/C30H28O2/c1-2-32-29(31)28(24-15-7-3-8-16-24)23-30(25-17-9-4-10-18-25,26-19-11-5-12-20-26)27-21-13-6-14-22-27/h3-22,28H,2,23H2,1H3/t28-/m1/s1. The fraction of sp³-hybridized carbons (Fsp3) is 0.167. The molecule has 0 radical (unpaired) electrons. The highest BCUT2D eigenvalue weighted by Gasteiger charge is 2.41. The van der Waals surface area contributed by atoms with E-state index in [1.54, 1.807) is 0 Å². The molecule has 0 aliphatic rings. The van der Waals surface area contributed by atoms with Gasteiger partial charge in [0.25, 0.3) is 0 Å². The Hall–Kier alpha value is -3.65. The summed E-state index contributed by atoms with van der Waals surface area (Å²) in [5, 5.41) is 0. The van der Waals surface area contributed by atoms with E-state index in [4.69, 9.17) is 4.74 Å². The van der Waals surface area contributed by atoms with Crippen LogP contribution in [0.5, 0.6) is 0 Å². The lowest BCUT2D eigenvalue weighted by Crippen LogP contribution is -2.34. The molecule has 0 fully saturated rings. The lowest BCUT2D eigenvalue weighted by atomic mass is 9.64. The third kappa shape index (κ3) is 4.36. The van der Waals surface area contributed by atoms with Crippen LogP contribution in [0.4, 0.5) is 0 Å². The van der Waals surface area contributed by atoms with Crippen molar-refractivity contribution in [2.24, 2.45) is 0 Å². The molecule has 0 N–H and O–H groups in total. The Balaban J connectivity index is 1.97. The lowest BCUT2D eigenvalue weighted by molar-refractivity contribution is -0.145. The van der Waals surface area contributed by atoms with Crippen molar-refractivity contribution in [3.8, 4) is 0 Å². The van der Waals surface area contributed by atoms with Crippen molar-refractivity contribution in [3.05, 3.63) is 144 Å². The van der Waals surface area contributed by atoms with Gasteiger partial charge in [-0.05, 0) is 35.6 Å². The van der Waals surface area contributed by atoms with Crippen molar-refractivity contribution < 1.29 is 9.53 Å². The van der Waals surface area contributed by atoms with E-state index in [9.17, 15) is 4.79 Å². The molecule has 4 aromatic rings. The van der Waals surface area contributed by atoms with Gasteiger partial charge in [-0.15, -0.1) is 0 Å². The van der Waals surface area contributed by atoms with Gasteiger partial charge in [0.1, 0.15) is 0 Å². The van der Waals surface area contributed by atoms with E-state index in [-0.39, 0.29) is 5.97 Å². The minimum Gasteiger partial charge on any atom is -0.466 e. The summed E-state index contributed by atoms with van der Waals surface area (Å²) in [7, 11) is 0. The van der Waals surface area contributed by atoms with Gasteiger partial charge < -0.3 is 4.74 Å². The van der Waals surface area contributed by atoms with E-state index < -0.39 is 11.3 Å². The van der Waals surface area contributed by atoms with Crippen LogP contribution in [0.1, 0.15) is 41.5 Å². The van der Waals surface area contributed by atoms with Crippen molar-refractivity contribution >= 4 is 5.97 Å². The first-order valence-corrected chi connectivity index (χ1v) is 11.1. The lowest BCUT2D eigenvalue weighted by Gasteiger charge is -2.38. The number of rotatable bonds is 8. The van der Waals surface area contributed by atoms with Gasteiger partial charge >= 0.3 is 5.97 Å². The monoisotopic (exact) mass is 420 g/mol. The van der Waals surface area contributed by atoms with Crippen LogP contribution in [0.25, 0.3) is 0 Å². The van der Waals surface area contributed by atoms with Gasteiger partial charge in [0.15, 0.2) is 0 Å². The smallest absolute Gasteiger partial charge is 0.313 e. The Morgan fingerprint density at radius 1 is 0.656 bits per heavy atom. The van der Waals surface area contributed by atoms with Gasteiger partial charge in [-0.1, -0.05) is 121 Å². The molecule has 0 heterocycles. The molecule has 0 aliphatic carbocycles. The average molecular weight is 421 g/mol. The Bertz CT molecular complexity index is 1010. The predicted octanol–water partition coefficient (Wildman–Crippen LogP) is 6.76. The summed E-state index contributed by atoms with van der Waals surface area (Å²) in [6.45, 7) is 2.22. The number of hydrogen-bond donors (Lipinski definition) is 0. The molecule has 0 aliphatic heterocycles. The minimum atomic E-state index is -0.517. The molecular weight excluding hydrogens is 392 g/mol. The van der Waals surface area contributed by atoms with Crippen molar-refractivity contribution in [2.45, 2.75) is 24.7 Å². The second-order valence-electron chi connectivity index (χ2n) is 7.92. The molecule has 4 rings (SSSR count). The summed E-state index contributed by atoms with van der Waals surface area (Å²) in [5.41, 5.74) is 3.92. The van der Waals surface area contributed by atoms with Crippen LogP contribution in [0, 0.1) is 0 Å². The maximum absolute atomic E-state index is 13.3. The molecule has 32 heavy (non-hydrogen) atoms. The van der Waals surface area contributed by atoms with Crippen LogP contribution in [0.3, 0.4) is 0 Å². The Morgan fingerprint density at radius 2 is 1.03 bits per heavy atom. The van der Waals surface area contributed by atoms with Crippen molar-refractivity contribution in [2.75, 3.05) is 6.61 Å². The molecule has 2 nitrogen and oxygen atoms in total. The minimum absolute atomic E-state index is 0.189. The molecular formula is C30H28O2. The van der Waals surface area contributed by atoms with Crippen molar-refractivity contribution in [1.29, 1.82) is 0 Å². The summed E-state index contributed by atoms with van der Waals surface area (Å²) in [5.74, 6) is -0.595. The fourth-order valence-corrected chi connectivity index (χ4v) is 4.59. The van der Waals surface area contributed by atoms with E-state index in [0.29, 0.717) is 13.0 Å². The number of carbonyl (C=O) groups excluding carboxylic acids is 1. The number of hydrogen-bond acceptors (Lipinski definition) is 2. The first kappa shape index (κ1) is 21.6. The van der Waals surface area contributed by atoms with E-state index in [1.807, 2.05) is 55.5 Å². The summed E-state index contributed by atoms with van der Waals surface area (Å²) in [4.78, 5) is 13.3. The van der Waals surface area contributed by atoms with Gasteiger partial charge in [0.05, 0.1) is 12.5 Å². The van der Waals surface area contributed by atoms with Crippen LogP contribution in [-0.2, 0) is 14.9 Å². The first-order valence-electron chi connectivity index (χ1n) is 11.1. The van der Waals surface area contributed by atoms with Crippen LogP contribution >= 0.6 is 0 Å². The topological polar surface area (TPSA) is 26.3 Å². The largest absolute Gasteiger partial charge is 0.466 e. The van der Waals surface area contributed by atoms with E-state index in [0.717, 1.165) is 22.3 Å². The van der Waals surface area contributed by atoms with Crippen LogP contribution < -0.4 is 0 Å². The first-order chi connectivity index (χ1) is 15.8. The van der Waals surface area contributed by atoms with Gasteiger partial charge in [-0.25, -0.2) is 0 Å². The molecule has 0 spiro atoms. The molecule has 0 amide bonds. The summed E-state index contributed by atoms with van der Waals surface area (Å²) in [6.07, 6.45) is 0.563. The van der Waals surface area contributed by atoms with Gasteiger partial charge in [0.2, 0.25) is 0 Å². The Kier molecular flexibility index (Phi) is 6.81. The maximum atomic E-state index is 13.3. The zero-order chi connectivity index (χ0) is 22.2. The summed E-state index contributed by atoms with van der Waals surface area (Å²) >= 11 is 0. The molecule has 0 saturated heterocycles. The fourth-order valence-electron chi connectivity index (χ4n) is 4.59. The van der Waals surface area contributed by atoms with Crippen LogP contribution in [-0.4, -0.2) is 12.6 Å². The Morgan fingerprint density at radius 3 is 1.41 bits per heavy atom. The summed E-state index contributed by atoms with van der Waals surface area (Å²) in [6, 6.07) is 41.4. The molecule has 160 valence electrons. The van der Waals surface area contributed by atoms with Gasteiger partial charge in [-0.2, -0.15) is 0 Å². The van der Waals surface area contributed by atoms with Crippen molar-refractivity contribution in [1.82, 2.24) is 0 Å². The van der Waals surface area contributed by atoms with E-state index >= 15 is 0 Å². The van der Waals surface area contributed by atoms with Gasteiger partial charge in [0, 0.05) is 5.41 Å². The van der Waals surface area contributed by atoms with Gasteiger partial charge in [-0.3, -0.25) is 4.79 Å². The quantitative estimate of drug-likeness (QED) is 0.233. The molecule has 2 heteroatoms. The number of esters is 1. The molecule has 0 bridgehead atoms. The second-order valence-corrected chi connectivity index (χ2v) is 7.92. The SMILES string of the molecule is CCOC(=O)[C@H](CC(c1ccccc1)(c1ccccc1)c1ccccc1)c1ccccc1. The molecule has 1 atom stereocenters. The van der Waals surface area contributed by atoms with Crippen LogP contribution in [0.15, 0.2) is 121 Å². The Labute approximate surface area is 190 Å². The predicted molar refractivity (Wildman–Crippen MR) is 130 cm³/mol. The van der Waals surface area contributed by atoms with Crippen LogP contribution in [0.2, 0.25) is 0 Å². The normalized spacial score (nSPS) is 12.2. The molecule has 0 saturated carbocycles. The van der Waals surface area contributed by atoms with Crippen molar-refractivity contribution in [3.63, 3.8) is 0 Å². The zero-order valence-electron chi connectivity index (χ0n) is 18.4. The maximum Gasteiger partial charge on any atom is 0.313 e. The summed E-state index contributed by atoms with van der Waals surface area (Å²) < 4.78 is 5.57.